The number of nitrogens with one attached hydrogen (secondary N) is 1. The summed E-state index contributed by atoms with van der Waals surface area (Å²) in [7, 11) is 0. The molecule has 0 aromatic rings. The molecule has 0 saturated carbocycles. The summed E-state index contributed by atoms with van der Waals surface area (Å²) in [5.41, 5.74) is 8.47. The monoisotopic (exact) mass is 182 g/mol. The lowest BCUT2D eigenvalue weighted by atomic mass is 10.3. The van der Waals surface area contributed by atoms with Gasteiger partial charge in [-0.15, -0.1) is 0 Å². The summed E-state index contributed by atoms with van der Waals surface area (Å²) in [6.45, 7) is 6.26. The van der Waals surface area contributed by atoms with Gasteiger partial charge in [-0.05, 0) is 25.3 Å². The fraction of sp³-hybridized carbons (Fsp3) is 0.625. The molecule has 0 aromatic carbocycles. The Morgan fingerprint density at radius 2 is 2.31 bits per heavy atom. The van der Waals surface area contributed by atoms with Crippen LogP contribution in [0, 0.1) is 0 Å². The first-order valence-electron chi connectivity index (χ1n) is 4.13. The highest BCUT2D eigenvalue weighted by atomic mass is 16.1. The van der Waals surface area contributed by atoms with E-state index < -0.39 is 0 Å². The van der Waals surface area contributed by atoms with Crippen LogP contribution in [0.2, 0.25) is 0 Å². The molecule has 0 fully saturated rings. The smallest absolute Gasteiger partial charge is 0.246 e. The molecule has 72 valence electrons. The molecule has 1 amide bonds. The molecular weight excluding hydrogens is 168 g/mol. The van der Waals surface area contributed by atoms with Gasteiger partial charge in [-0.2, -0.15) is 0 Å². The van der Waals surface area contributed by atoms with Gasteiger partial charge in [-0.25, -0.2) is 0 Å². The normalized spacial score (nSPS) is 8.69. The Labute approximate surface area is 77.4 Å². The highest BCUT2D eigenvalue weighted by molar-refractivity contribution is 5.91. The molecule has 0 saturated heterocycles. The quantitative estimate of drug-likeness (QED) is 0.219. The second-order valence-electron chi connectivity index (χ2n) is 2.70. The van der Waals surface area contributed by atoms with Crippen molar-refractivity contribution >= 4 is 5.91 Å². The van der Waals surface area contributed by atoms with Gasteiger partial charge < -0.3 is 5.32 Å². The number of amides is 1. The largest absolute Gasteiger partial charge is 0.352 e. The van der Waals surface area contributed by atoms with Gasteiger partial charge in [0.15, 0.2) is 0 Å². The zero-order chi connectivity index (χ0) is 10.1. The fourth-order valence-electron chi connectivity index (χ4n) is 0.705. The van der Waals surface area contributed by atoms with Gasteiger partial charge >= 0.3 is 0 Å². The molecule has 0 aliphatic rings. The number of hydrogen-bond donors (Lipinski definition) is 1. The molecule has 0 aromatic heterocycles. The van der Waals surface area contributed by atoms with Crippen molar-refractivity contribution in [3.8, 4) is 0 Å². The first-order chi connectivity index (χ1) is 6.18. The lowest BCUT2D eigenvalue weighted by molar-refractivity contribution is -0.117. The second kappa shape index (κ2) is 7.18. The van der Waals surface area contributed by atoms with Crippen LogP contribution in [0.25, 0.3) is 10.4 Å². The number of azide groups is 1. The zero-order valence-electron chi connectivity index (χ0n) is 7.79. The third kappa shape index (κ3) is 6.90. The number of rotatable bonds is 6. The maximum absolute atomic E-state index is 10.9. The molecule has 5 nitrogen and oxygen atoms in total. The van der Waals surface area contributed by atoms with Crippen molar-refractivity contribution in [2.24, 2.45) is 5.11 Å². The maximum atomic E-state index is 10.9. The number of carbonyl (C=O) groups excluding carboxylic acids is 1. The summed E-state index contributed by atoms with van der Waals surface area (Å²) in [4.78, 5) is 13.6. The molecule has 0 atom stereocenters. The summed E-state index contributed by atoms with van der Waals surface area (Å²) in [5, 5.41) is 6.06. The Kier molecular flexibility index (Phi) is 6.37. The zero-order valence-corrected chi connectivity index (χ0v) is 7.79. The Morgan fingerprint density at radius 1 is 1.62 bits per heavy atom. The van der Waals surface area contributed by atoms with E-state index in [1.165, 1.54) is 0 Å². The predicted molar refractivity (Wildman–Crippen MR) is 51.1 cm³/mol. The van der Waals surface area contributed by atoms with Crippen molar-refractivity contribution in [1.82, 2.24) is 5.32 Å². The molecule has 13 heavy (non-hydrogen) atoms. The van der Waals surface area contributed by atoms with Crippen LogP contribution in [0.3, 0.4) is 0 Å². The molecule has 5 heteroatoms. The molecule has 0 spiro atoms. The van der Waals surface area contributed by atoms with E-state index in [1.54, 1.807) is 6.92 Å². The Hall–Kier alpha value is -1.48. The van der Waals surface area contributed by atoms with Crippen LogP contribution in [-0.4, -0.2) is 19.0 Å². The van der Waals surface area contributed by atoms with Crippen molar-refractivity contribution in [2.75, 3.05) is 13.1 Å². The van der Waals surface area contributed by atoms with E-state index >= 15 is 0 Å². The predicted octanol–water partition coefficient (Wildman–Crippen LogP) is 1.77. The van der Waals surface area contributed by atoms with Crippen molar-refractivity contribution in [3.05, 3.63) is 22.6 Å². The average Bonchev–Trinajstić information content (AvgIpc) is 2.10. The van der Waals surface area contributed by atoms with Crippen molar-refractivity contribution in [3.63, 3.8) is 0 Å². The minimum atomic E-state index is -0.121. The number of nitrogens with zero attached hydrogens (tertiary/aromatic N) is 3. The van der Waals surface area contributed by atoms with Crippen LogP contribution in [0.4, 0.5) is 0 Å². The molecule has 1 N–H and O–H groups in total. The molecule has 0 rings (SSSR count). The van der Waals surface area contributed by atoms with Crippen LogP contribution in [0.15, 0.2) is 17.3 Å². The first kappa shape index (κ1) is 11.5. The van der Waals surface area contributed by atoms with E-state index in [4.69, 9.17) is 5.53 Å². The van der Waals surface area contributed by atoms with Crippen LogP contribution in [0.5, 0.6) is 0 Å². The average molecular weight is 182 g/mol. The topological polar surface area (TPSA) is 77.9 Å². The fourth-order valence-corrected chi connectivity index (χ4v) is 0.705. The summed E-state index contributed by atoms with van der Waals surface area (Å²) in [6.07, 6.45) is 1.61. The second-order valence-corrected chi connectivity index (χ2v) is 2.70. The SMILES string of the molecule is C=C(C)C(=O)NCCCCN=[N+]=[N-]. The van der Waals surface area contributed by atoms with E-state index in [0.29, 0.717) is 18.7 Å². The van der Waals surface area contributed by atoms with Crippen molar-refractivity contribution < 1.29 is 4.79 Å². The minimum absolute atomic E-state index is 0.121. The van der Waals surface area contributed by atoms with E-state index in [9.17, 15) is 4.79 Å². The van der Waals surface area contributed by atoms with E-state index in [2.05, 4.69) is 21.9 Å². The first-order valence-corrected chi connectivity index (χ1v) is 4.13. The molecule has 0 bridgehead atoms. The van der Waals surface area contributed by atoms with Gasteiger partial charge in [0.25, 0.3) is 0 Å². The van der Waals surface area contributed by atoms with Gasteiger partial charge in [0, 0.05) is 23.6 Å². The Morgan fingerprint density at radius 3 is 2.85 bits per heavy atom. The summed E-state index contributed by atoms with van der Waals surface area (Å²) >= 11 is 0. The standard InChI is InChI=1S/C8H14N4O/c1-7(2)8(13)10-5-3-4-6-11-12-9/h1,3-6H2,2H3,(H,10,13). The summed E-state index contributed by atoms with van der Waals surface area (Å²) in [6, 6.07) is 0. The molecule has 0 radical (unpaired) electrons. The van der Waals surface area contributed by atoms with Gasteiger partial charge in [0.2, 0.25) is 5.91 Å². The van der Waals surface area contributed by atoms with Gasteiger partial charge in [-0.3, -0.25) is 4.79 Å². The van der Waals surface area contributed by atoms with E-state index in [1.807, 2.05) is 0 Å². The van der Waals surface area contributed by atoms with E-state index in [-0.39, 0.29) is 5.91 Å². The van der Waals surface area contributed by atoms with Gasteiger partial charge in [0.05, 0.1) is 0 Å². The number of unbranched alkanes of at least 4 members (excludes halogenated alkanes) is 1. The van der Waals surface area contributed by atoms with Crippen LogP contribution in [-0.2, 0) is 4.79 Å². The molecule has 0 aliphatic heterocycles. The third-order valence-electron chi connectivity index (χ3n) is 1.42. The molecule has 0 heterocycles. The van der Waals surface area contributed by atoms with Crippen molar-refractivity contribution in [1.29, 1.82) is 0 Å². The summed E-state index contributed by atoms with van der Waals surface area (Å²) < 4.78 is 0. The number of hydrogen-bond acceptors (Lipinski definition) is 2. The van der Waals surface area contributed by atoms with E-state index in [0.717, 1.165) is 12.8 Å². The van der Waals surface area contributed by atoms with Crippen LogP contribution < -0.4 is 5.32 Å². The lowest BCUT2D eigenvalue weighted by Gasteiger charge is -2.02. The van der Waals surface area contributed by atoms with Crippen LogP contribution >= 0.6 is 0 Å². The third-order valence-corrected chi connectivity index (χ3v) is 1.42. The molecule has 0 unspecified atom stereocenters. The molecular formula is C8H14N4O. The highest BCUT2D eigenvalue weighted by Gasteiger charge is 1.98. The maximum Gasteiger partial charge on any atom is 0.246 e. The summed E-state index contributed by atoms with van der Waals surface area (Å²) in [5.74, 6) is -0.121. The minimum Gasteiger partial charge on any atom is -0.352 e. The van der Waals surface area contributed by atoms with Crippen LogP contribution in [0.1, 0.15) is 19.8 Å². The highest BCUT2D eigenvalue weighted by Crippen LogP contribution is 1.90. The van der Waals surface area contributed by atoms with Crippen molar-refractivity contribution in [2.45, 2.75) is 19.8 Å². The number of carbonyl (C=O) groups is 1. The lowest BCUT2D eigenvalue weighted by Crippen LogP contribution is -2.24. The van der Waals surface area contributed by atoms with Gasteiger partial charge in [-0.1, -0.05) is 11.7 Å². The Balaban J connectivity index is 3.30. The van der Waals surface area contributed by atoms with Gasteiger partial charge in [0.1, 0.15) is 0 Å². The molecule has 0 aliphatic carbocycles. The Bertz CT molecular complexity index is 230.